The summed E-state index contributed by atoms with van der Waals surface area (Å²) < 4.78 is 78.9. The van der Waals surface area contributed by atoms with Crippen LogP contribution < -0.4 is 11.0 Å². The maximum atomic E-state index is 14.5. The van der Waals surface area contributed by atoms with E-state index in [0.29, 0.717) is 33.8 Å². The predicted molar refractivity (Wildman–Crippen MR) is 203 cm³/mol. The number of amides is 1. The van der Waals surface area contributed by atoms with Gasteiger partial charge in [-0.3, -0.25) is 9.12 Å². The Labute approximate surface area is 320 Å². The highest BCUT2D eigenvalue weighted by molar-refractivity contribution is 7.85. The zero-order valence-corrected chi connectivity index (χ0v) is 32.0. The van der Waals surface area contributed by atoms with E-state index in [2.05, 4.69) is 15.4 Å². The van der Waals surface area contributed by atoms with Crippen molar-refractivity contribution in [3.8, 4) is 28.8 Å². The maximum absolute atomic E-state index is 14.5. The highest BCUT2D eigenvalue weighted by atomic mass is 32.2. The number of hydrogen-bond acceptors (Lipinski definition) is 6. The zero-order chi connectivity index (χ0) is 40.9. The van der Waals surface area contributed by atoms with Gasteiger partial charge < -0.3 is 10.3 Å². The van der Waals surface area contributed by atoms with E-state index < -0.39 is 39.6 Å². The first kappa shape index (κ1) is 39.5. The number of aromatic nitrogens is 5. The standard InChI is InChI=1S/C40H38F3N7O5S/c1-22(2)36(33-15-12-30(46-33)18-28-19-35(56(53,54)55)25(5)23(3)24(28)4)47-38(51)49-37(34-16-17-45-50(34)31-13-10-27(21-44)11-14-31)26(6)48(39(49)52)32-9-7-8-29(20-32)40(41,42)43/h7-17,19-20,22,36,46H,18H2,1-6H3,(H,47,51)(H,53,54,55). The number of hydrogen-bond donors (Lipinski definition) is 3. The van der Waals surface area contributed by atoms with Crippen LogP contribution in [0.2, 0.25) is 0 Å². The quantitative estimate of drug-likeness (QED) is 0.126. The fraction of sp³-hybridized carbons (Fsp3) is 0.250. The van der Waals surface area contributed by atoms with Crippen LogP contribution in [-0.4, -0.2) is 42.9 Å². The topological polar surface area (TPSA) is 168 Å². The Hall–Kier alpha value is -6.18. The molecule has 0 radical (unpaired) electrons. The van der Waals surface area contributed by atoms with Gasteiger partial charge in [-0.05, 0) is 123 Å². The average molecular weight is 786 g/mol. The highest BCUT2D eigenvalue weighted by Crippen LogP contribution is 2.33. The van der Waals surface area contributed by atoms with Crippen molar-refractivity contribution in [2.24, 2.45) is 5.92 Å². The second-order valence-electron chi connectivity index (χ2n) is 13.9. The molecule has 3 N–H and O–H groups in total. The minimum Gasteiger partial charge on any atom is -0.360 e. The SMILES string of the molecule is Cc1c(Cc2ccc(C(NC(=O)n3c(-c4ccnn4-c4ccc(C#N)cc4)c(C)n(-c4cccc(C(F)(F)F)c4)c3=O)C(C)C)[nH]2)cc(S(=O)(=O)O)c(C)c1C. The van der Waals surface area contributed by atoms with Crippen LogP contribution in [0, 0.1) is 44.9 Å². The number of aromatic amines is 1. The molecule has 12 nitrogen and oxygen atoms in total. The van der Waals surface area contributed by atoms with Crippen molar-refractivity contribution < 1.29 is 30.9 Å². The first-order valence-electron chi connectivity index (χ1n) is 17.4. The van der Waals surface area contributed by atoms with Gasteiger partial charge >= 0.3 is 17.9 Å². The fourth-order valence-electron chi connectivity index (χ4n) is 6.87. The van der Waals surface area contributed by atoms with Gasteiger partial charge in [-0.1, -0.05) is 19.9 Å². The lowest BCUT2D eigenvalue weighted by atomic mass is 9.96. The van der Waals surface area contributed by atoms with Crippen LogP contribution in [-0.2, 0) is 22.7 Å². The third kappa shape index (κ3) is 7.42. The molecule has 6 rings (SSSR count). The number of nitrogens with zero attached hydrogens (tertiary/aromatic N) is 5. The minimum atomic E-state index is -4.69. The van der Waals surface area contributed by atoms with Crippen molar-refractivity contribution in [1.29, 1.82) is 5.26 Å². The number of nitrogens with one attached hydrogen (secondary N) is 2. The van der Waals surface area contributed by atoms with Crippen LogP contribution in [0.15, 0.2) is 88.7 Å². The molecule has 290 valence electrons. The molecule has 1 unspecified atom stereocenters. The number of alkyl halides is 3. The largest absolute Gasteiger partial charge is 0.416 e. The molecule has 3 aromatic carbocycles. The van der Waals surface area contributed by atoms with Crippen LogP contribution in [0.5, 0.6) is 0 Å². The van der Waals surface area contributed by atoms with Crippen LogP contribution in [0.3, 0.4) is 0 Å². The summed E-state index contributed by atoms with van der Waals surface area (Å²) in [4.78, 5) is 32.0. The molecular weight excluding hydrogens is 748 g/mol. The number of carbonyl (C=O) groups excluding carboxylic acids is 1. The lowest BCUT2D eigenvalue weighted by Crippen LogP contribution is -2.40. The van der Waals surface area contributed by atoms with Gasteiger partial charge in [-0.15, -0.1) is 0 Å². The molecular formula is C40H38F3N7O5S. The van der Waals surface area contributed by atoms with E-state index in [9.17, 15) is 41.0 Å². The molecule has 0 spiro atoms. The van der Waals surface area contributed by atoms with Gasteiger partial charge in [0.15, 0.2) is 0 Å². The molecule has 16 heteroatoms. The Balaban J connectivity index is 1.43. The predicted octanol–water partition coefficient (Wildman–Crippen LogP) is 7.74. The third-order valence-corrected chi connectivity index (χ3v) is 11.0. The van der Waals surface area contributed by atoms with E-state index in [1.165, 1.54) is 36.0 Å². The summed E-state index contributed by atoms with van der Waals surface area (Å²) >= 11 is 0. The normalized spacial score (nSPS) is 12.5. The summed E-state index contributed by atoms with van der Waals surface area (Å²) in [6.07, 6.45) is -2.97. The van der Waals surface area contributed by atoms with Gasteiger partial charge in [0, 0.05) is 17.8 Å². The third-order valence-electron chi connectivity index (χ3n) is 10.0. The number of carbonyl (C=O) groups is 1. The Bertz CT molecular complexity index is 2700. The summed E-state index contributed by atoms with van der Waals surface area (Å²) in [6, 6.07) is 17.7. The zero-order valence-electron chi connectivity index (χ0n) is 31.2. The molecule has 1 amide bonds. The summed E-state index contributed by atoms with van der Waals surface area (Å²) in [7, 11) is -4.47. The van der Waals surface area contributed by atoms with Crippen molar-refractivity contribution in [2.45, 2.75) is 65.1 Å². The molecule has 0 aliphatic heterocycles. The molecule has 3 heterocycles. The Kier molecular flexibility index (Phi) is 10.4. The number of halogens is 3. The highest BCUT2D eigenvalue weighted by Gasteiger charge is 2.33. The second-order valence-corrected chi connectivity index (χ2v) is 15.3. The molecule has 0 saturated carbocycles. The molecule has 0 saturated heterocycles. The summed E-state index contributed by atoms with van der Waals surface area (Å²) in [5.74, 6) is -0.241. The first-order chi connectivity index (χ1) is 26.3. The summed E-state index contributed by atoms with van der Waals surface area (Å²) in [6.45, 7) is 10.5. The lowest BCUT2D eigenvalue weighted by Gasteiger charge is -2.22. The maximum Gasteiger partial charge on any atom is 0.416 e. The molecule has 56 heavy (non-hydrogen) atoms. The van der Waals surface area contributed by atoms with Crippen molar-refractivity contribution in [3.63, 3.8) is 0 Å². The van der Waals surface area contributed by atoms with Crippen LogP contribution in [0.4, 0.5) is 18.0 Å². The van der Waals surface area contributed by atoms with E-state index in [-0.39, 0.29) is 40.0 Å². The number of benzene rings is 3. The van der Waals surface area contributed by atoms with Crippen LogP contribution in [0.25, 0.3) is 22.8 Å². The van der Waals surface area contributed by atoms with Gasteiger partial charge in [0.25, 0.3) is 10.1 Å². The van der Waals surface area contributed by atoms with Crippen molar-refractivity contribution >= 4 is 16.1 Å². The van der Waals surface area contributed by atoms with E-state index in [1.807, 2.05) is 26.8 Å². The minimum absolute atomic E-state index is 0.0707. The molecule has 6 aromatic rings. The number of imidazole rings is 1. The fourth-order valence-corrected chi connectivity index (χ4v) is 7.70. The first-order valence-corrected chi connectivity index (χ1v) is 18.9. The smallest absolute Gasteiger partial charge is 0.360 e. The van der Waals surface area contributed by atoms with E-state index in [0.717, 1.165) is 32.4 Å². The average Bonchev–Trinajstić information content (AvgIpc) is 3.87. The molecule has 0 aliphatic carbocycles. The van der Waals surface area contributed by atoms with Crippen molar-refractivity contribution in [2.75, 3.05) is 0 Å². The lowest BCUT2D eigenvalue weighted by molar-refractivity contribution is -0.137. The van der Waals surface area contributed by atoms with E-state index in [4.69, 9.17) is 0 Å². The van der Waals surface area contributed by atoms with E-state index in [1.54, 1.807) is 56.3 Å². The van der Waals surface area contributed by atoms with Gasteiger partial charge in [0.2, 0.25) is 0 Å². The summed E-state index contributed by atoms with van der Waals surface area (Å²) in [5, 5.41) is 16.7. The Morgan fingerprint density at radius 2 is 1.66 bits per heavy atom. The second kappa shape index (κ2) is 14.8. The molecule has 1 atom stereocenters. The Morgan fingerprint density at radius 3 is 2.29 bits per heavy atom. The number of nitriles is 1. The molecule has 0 bridgehead atoms. The van der Waals surface area contributed by atoms with Crippen LogP contribution >= 0.6 is 0 Å². The van der Waals surface area contributed by atoms with Gasteiger partial charge in [0.05, 0.1) is 57.1 Å². The van der Waals surface area contributed by atoms with Gasteiger partial charge in [0.1, 0.15) is 5.69 Å². The Morgan fingerprint density at radius 1 is 0.964 bits per heavy atom. The van der Waals surface area contributed by atoms with Crippen molar-refractivity contribution in [1.82, 2.24) is 29.2 Å². The number of H-pyrrole nitrogens is 1. The molecule has 0 aliphatic rings. The van der Waals surface area contributed by atoms with Crippen LogP contribution in [0.1, 0.15) is 70.4 Å². The van der Waals surface area contributed by atoms with Gasteiger partial charge in [-0.25, -0.2) is 18.8 Å². The number of rotatable bonds is 9. The van der Waals surface area contributed by atoms with Crippen molar-refractivity contribution in [3.05, 3.63) is 140 Å². The summed E-state index contributed by atoms with van der Waals surface area (Å²) in [5.41, 5.74) is 3.36. The molecule has 0 fully saturated rings. The van der Waals surface area contributed by atoms with E-state index >= 15 is 0 Å². The molecule has 3 aromatic heterocycles. The monoisotopic (exact) mass is 785 g/mol. The van der Waals surface area contributed by atoms with Gasteiger partial charge in [-0.2, -0.15) is 31.9 Å².